The van der Waals surface area contributed by atoms with Crippen molar-refractivity contribution in [2.24, 2.45) is 0 Å². The summed E-state index contributed by atoms with van der Waals surface area (Å²) in [5.74, 6) is -0.476. The van der Waals surface area contributed by atoms with Gasteiger partial charge in [0.05, 0.1) is 19.3 Å². The van der Waals surface area contributed by atoms with E-state index in [2.05, 4.69) is 29.2 Å². The first kappa shape index (κ1) is 19.8. The molecule has 0 amide bonds. The second-order valence-corrected chi connectivity index (χ2v) is 7.49. The average molecular weight is 391 g/mol. The zero-order valence-electron chi connectivity index (χ0n) is 16.4. The van der Waals surface area contributed by atoms with Gasteiger partial charge in [0.15, 0.2) is 0 Å². The van der Waals surface area contributed by atoms with E-state index in [0.29, 0.717) is 12.2 Å². The molecular formula is C25H26FNO2. The maximum Gasteiger partial charge on any atom is 0.131 e. The normalized spacial score (nSPS) is 18.5. The van der Waals surface area contributed by atoms with Crippen LogP contribution in [0.5, 0.6) is 0 Å². The predicted molar refractivity (Wildman–Crippen MR) is 113 cm³/mol. The van der Waals surface area contributed by atoms with Gasteiger partial charge in [-0.2, -0.15) is 0 Å². The van der Waals surface area contributed by atoms with Crippen LogP contribution >= 0.6 is 0 Å². The van der Waals surface area contributed by atoms with Crippen LogP contribution in [0.3, 0.4) is 0 Å². The van der Waals surface area contributed by atoms with E-state index < -0.39 is 0 Å². The van der Waals surface area contributed by atoms with Gasteiger partial charge in [-0.15, -0.1) is 0 Å². The van der Waals surface area contributed by atoms with Crippen molar-refractivity contribution < 1.29 is 14.2 Å². The Bertz CT molecular complexity index is 931. The van der Waals surface area contributed by atoms with Crippen LogP contribution in [-0.4, -0.2) is 42.4 Å². The summed E-state index contributed by atoms with van der Waals surface area (Å²) >= 11 is 0. The van der Waals surface area contributed by atoms with Crippen LogP contribution < -0.4 is 0 Å². The molecule has 1 N–H and O–H groups in total. The predicted octanol–water partition coefficient (Wildman–Crippen LogP) is 4.47. The van der Waals surface area contributed by atoms with Crippen LogP contribution in [-0.2, 0) is 11.3 Å². The fraction of sp³-hybridized carbons (Fsp3) is 0.280. The molecule has 4 rings (SSSR count). The Morgan fingerprint density at radius 3 is 2.38 bits per heavy atom. The molecule has 1 aliphatic rings. The van der Waals surface area contributed by atoms with Gasteiger partial charge in [0.2, 0.25) is 0 Å². The third-order valence-corrected chi connectivity index (χ3v) is 5.60. The first-order valence-electron chi connectivity index (χ1n) is 10.1. The minimum atomic E-state index is -0.257. The smallest absolute Gasteiger partial charge is 0.131 e. The van der Waals surface area contributed by atoms with Crippen molar-refractivity contribution in [1.29, 1.82) is 0 Å². The highest BCUT2D eigenvalue weighted by molar-refractivity contribution is 5.68. The lowest BCUT2D eigenvalue weighted by Crippen LogP contribution is -2.45. The van der Waals surface area contributed by atoms with Crippen molar-refractivity contribution in [3.8, 4) is 11.1 Å². The fourth-order valence-electron chi connectivity index (χ4n) is 4.12. The van der Waals surface area contributed by atoms with Crippen LogP contribution in [0.4, 0.5) is 4.39 Å². The summed E-state index contributed by atoms with van der Waals surface area (Å²) in [6, 6.07) is 24.9. The summed E-state index contributed by atoms with van der Waals surface area (Å²) in [7, 11) is 0. The van der Waals surface area contributed by atoms with Crippen molar-refractivity contribution in [1.82, 2.24) is 4.90 Å². The molecule has 0 saturated carbocycles. The molecule has 1 heterocycles. The molecule has 3 nitrogen and oxygen atoms in total. The van der Waals surface area contributed by atoms with Crippen molar-refractivity contribution in [3.05, 3.63) is 95.8 Å². The van der Waals surface area contributed by atoms with Gasteiger partial charge in [-0.1, -0.05) is 72.8 Å². The molecule has 0 bridgehead atoms. The Kier molecular flexibility index (Phi) is 6.35. The van der Waals surface area contributed by atoms with Gasteiger partial charge < -0.3 is 9.84 Å². The number of aliphatic hydroxyl groups is 1. The largest absolute Gasteiger partial charge is 0.396 e. The SMILES string of the molecule is OCC(c1ccccc1-c1ccccc1F)C1CN(Cc2ccccc2)CCO1. The van der Waals surface area contributed by atoms with Crippen LogP contribution in [0.15, 0.2) is 78.9 Å². The highest BCUT2D eigenvalue weighted by Gasteiger charge is 2.30. The minimum Gasteiger partial charge on any atom is -0.396 e. The second-order valence-electron chi connectivity index (χ2n) is 7.49. The van der Waals surface area contributed by atoms with Crippen molar-refractivity contribution in [2.75, 3.05) is 26.3 Å². The maximum absolute atomic E-state index is 14.5. The number of aliphatic hydroxyl groups excluding tert-OH is 1. The first-order chi connectivity index (χ1) is 14.3. The Balaban J connectivity index is 1.58. The number of rotatable bonds is 6. The molecular weight excluding hydrogens is 365 g/mol. The van der Waals surface area contributed by atoms with E-state index in [1.165, 1.54) is 11.6 Å². The minimum absolute atomic E-state index is 0.0463. The average Bonchev–Trinajstić information content (AvgIpc) is 2.76. The van der Waals surface area contributed by atoms with E-state index in [4.69, 9.17) is 4.74 Å². The fourth-order valence-corrected chi connectivity index (χ4v) is 4.12. The van der Waals surface area contributed by atoms with Gasteiger partial charge in [0.25, 0.3) is 0 Å². The number of benzene rings is 3. The molecule has 2 atom stereocenters. The molecule has 1 saturated heterocycles. The Morgan fingerprint density at radius 1 is 0.931 bits per heavy atom. The number of morpholine rings is 1. The summed E-state index contributed by atoms with van der Waals surface area (Å²) in [5.41, 5.74) is 3.55. The lowest BCUT2D eigenvalue weighted by Gasteiger charge is -2.37. The molecule has 3 aromatic carbocycles. The molecule has 0 radical (unpaired) electrons. The summed E-state index contributed by atoms with van der Waals surface area (Å²) in [6.07, 6.45) is -0.148. The van der Waals surface area contributed by atoms with Crippen LogP contribution in [0, 0.1) is 5.82 Å². The topological polar surface area (TPSA) is 32.7 Å². The summed E-state index contributed by atoms with van der Waals surface area (Å²) < 4.78 is 20.5. The van der Waals surface area contributed by atoms with Crippen LogP contribution in [0.25, 0.3) is 11.1 Å². The zero-order chi connectivity index (χ0) is 20.1. The number of halogens is 1. The third kappa shape index (κ3) is 4.56. The van der Waals surface area contributed by atoms with E-state index in [1.807, 2.05) is 36.4 Å². The molecule has 0 spiro atoms. The summed E-state index contributed by atoms with van der Waals surface area (Å²) in [4.78, 5) is 2.36. The summed E-state index contributed by atoms with van der Waals surface area (Å²) in [5, 5.41) is 10.3. The molecule has 150 valence electrons. The molecule has 0 aliphatic carbocycles. The van der Waals surface area contributed by atoms with Gasteiger partial charge in [-0.25, -0.2) is 4.39 Å². The molecule has 1 fully saturated rings. The van der Waals surface area contributed by atoms with E-state index in [-0.39, 0.29) is 24.4 Å². The monoisotopic (exact) mass is 391 g/mol. The highest BCUT2D eigenvalue weighted by Crippen LogP contribution is 2.34. The number of ether oxygens (including phenoxy) is 1. The molecule has 4 heteroatoms. The van der Waals surface area contributed by atoms with Gasteiger partial charge in [0, 0.05) is 31.1 Å². The van der Waals surface area contributed by atoms with E-state index >= 15 is 0 Å². The van der Waals surface area contributed by atoms with Gasteiger partial charge in [-0.05, 0) is 22.8 Å². The van der Waals surface area contributed by atoms with Crippen LogP contribution in [0.2, 0.25) is 0 Å². The van der Waals surface area contributed by atoms with Gasteiger partial charge >= 0.3 is 0 Å². The third-order valence-electron chi connectivity index (χ3n) is 5.60. The van der Waals surface area contributed by atoms with E-state index in [1.54, 1.807) is 12.1 Å². The lowest BCUT2D eigenvalue weighted by atomic mass is 9.86. The Morgan fingerprint density at radius 2 is 1.62 bits per heavy atom. The first-order valence-corrected chi connectivity index (χ1v) is 10.1. The maximum atomic E-state index is 14.5. The van der Waals surface area contributed by atoms with Crippen molar-refractivity contribution >= 4 is 0 Å². The standard InChI is InChI=1S/C25H26FNO2/c26-24-13-7-6-12-22(24)20-10-4-5-11-21(20)23(18-28)25-17-27(14-15-29-25)16-19-8-2-1-3-9-19/h1-13,23,25,28H,14-18H2. The second kappa shape index (κ2) is 9.31. The summed E-state index contributed by atoms with van der Waals surface area (Å²) in [6.45, 7) is 3.02. The lowest BCUT2D eigenvalue weighted by molar-refractivity contribution is -0.0520. The molecule has 1 aliphatic heterocycles. The van der Waals surface area contributed by atoms with E-state index in [9.17, 15) is 9.50 Å². The van der Waals surface area contributed by atoms with Gasteiger partial charge in [-0.3, -0.25) is 4.90 Å². The Labute approximate surface area is 171 Å². The number of nitrogens with zero attached hydrogens (tertiary/aromatic N) is 1. The Hall–Kier alpha value is -2.53. The zero-order valence-corrected chi connectivity index (χ0v) is 16.4. The molecule has 2 unspecified atom stereocenters. The molecule has 0 aromatic heterocycles. The van der Waals surface area contributed by atoms with Crippen molar-refractivity contribution in [2.45, 2.75) is 18.6 Å². The van der Waals surface area contributed by atoms with Gasteiger partial charge in [0.1, 0.15) is 5.82 Å². The highest BCUT2D eigenvalue weighted by atomic mass is 19.1. The molecule has 3 aromatic rings. The molecule has 29 heavy (non-hydrogen) atoms. The quantitative estimate of drug-likeness (QED) is 0.673. The van der Waals surface area contributed by atoms with Crippen LogP contribution in [0.1, 0.15) is 17.0 Å². The van der Waals surface area contributed by atoms with E-state index in [0.717, 1.165) is 30.8 Å². The van der Waals surface area contributed by atoms with Crippen molar-refractivity contribution in [3.63, 3.8) is 0 Å². The number of hydrogen-bond acceptors (Lipinski definition) is 3. The number of hydrogen-bond donors (Lipinski definition) is 1.